The van der Waals surface area contributed by atoms with Crippen LogP contribution in [0.1, 0.15) is 54.4 Å². The summed E-state index contributed by atoms with van der Waals surface area (Å²) in [5.74, 6) is -6.35. The number of carbonyl (C=O) groups is 5. The second-order valence-electron chi connectivity index (χ2n) is 15.5. The molecule has 3 heterocycles. The summed E-state index contributed by atoms with van der Waals surface area (Å²) >= 11 is 0. The lowest BCUT2D eigenvalue weighted by atomic mass is 9.81. The van der Waals surface area contributed by atoms with E-state index >= 15 is 0 Å². The van der Waals surface area contributed by atoms with Gasteiger partial charge in [0.2, 0.25) is 0 Å². The van der Waals surface area contributed by atoms with Gasteiger partial charge in [-0.05, 0) is 51.4 Å². The van der Waals surface area contributed by atoms with E-state index in [-0.39, 0.29) is 13.0 Å². The molecule has 19 atom stereocenters. The first-order valence-corrected chi connectivity index (χ1v) is 20.4. The van der Waals surface area contributed by atoms with Crippen LogP contribution in [-0.4, -0.2) is 152 Å². The maximum absolute atomic E-state index is 12.9. The SMILES string of the molecule is CC(=O)OC1C(OC(C)=O)[C@H](CN=[N+]=[N-])OC(O[C@@H]2C(OC(C)=O)[C@H](O[C@@H]3C(OC(C)=O)[C@H](N=[N+]=[N-])CC(N=[N+]=[N-])[C@H]3O[C@H]3OC(CN=[N+]=[N-])[C@@H](C)[C@H](C)C3N=[N+]=[N-])O[C@@H]2CC(=O)O)[C@@H]1N=[N+]=[N-]. The molecular weight excluding hydrogens is 916 g/mol. The summed E-state index contributed by atoms with van der Waals surface area (Å²) in [6, 6.07) is -5.70. The van der Waals surface area contributed by atoms with Crippen LogP contribution in [0, 0.1) is 11.8 Å². The molecule has 4 aliphatic rings. The number of ether oxygens (including phenoxy) is 10. The van der Waals surface area contributed by atoms with Crippen LogP contribution < -0.4 is 0 Å². The van der Waals surface area contributed by atoms with Crippen LogP contribution in [0.2, 0.25) is 0 Å². The highest BCUT2D eigenvalue weighted by Crippen LogP contribution is 2.41. The van der Waals surface area contributed by atoms with Gasteiger partial charge in [-0.25, -0.2) is 0 Å². The third kappa shape index (κ3) is 13.5. The molecule has 3 saturated heterocycles. The van der Waals surface area contributed by atoms with Crippen LogP contribution in [0.3, 0.4) is 0 Å². The molecule has 1 aliphatic carbocycles. The molecule has 1 saturated carbocycles. The molecule has 0 spiro atoms. The first-order chi connectivity index (χ1) is 32.4. The van der Waals surface area contributed by atoms with Crippen molar-refractivity contribution in [1.82, 2.24) is 0 Å². The first kappa shape index (κ1) is 53.6. The summed E-state index contributed by atoms with van der Waals surface area (Å²) in [6.07, 6.45) is -23.0. The standard InChI is InChI=1S/C34H46N18O16/c1-11-12(2)23(45-51-39)32(64-20(11)9-41-47-35)66-26-18(44-50-38)7-17(43-49-37)25(59-13(3)53)30(26)68-34-31(62-16(6)56)27(19(63-34)8-22(57)58)67-33-24(46-52-40)29(61-15(5)55)28(60-14(4)54)21(65-33)10-42-48-36/h11-12,17-21,23-34H,7-10H2,1-6H3,(H,57,58)/t11-,12-,17+,18?,19+,20?,21-,23?,24+,25?,26+,27-,28?,29?,30+,31?,32+,33?,34-/m0/s1. The number of hydrogen-bond acceptors (Lipinski definition) is 21. The second kappa shape index (κ2) is 25.2. The molecule has 1 N–H and O–H groups in total. The minimum Gasteiger partial charge on any atom is -0.481 e. The van der Waals surface area contributed by atoms with E-state index in [0.717, 1.165) is 27.7 Å². The fourth-order valence-corrected chi connectivity index (χ4v) is 8.28. The van der Waals surface area contributed by atoms with Crippen LogP contribution in [-0.2, 0) is 71.3 Å². The Kier molecular flexibility index (Phi) is 19.9. The summed E-state index contributed by atoms with van der Waals surface area (Å²) in [4.78, 5) is 79.6. The van der Waals surface area contributed by atoms with Crippen molar-refractivity contribution < 1.29 is 76.4 Å². The van der Waals surface area contributed by atoms with Gasteiger partial charge in [-0.2, -0.15) is 0 Å². The monoisotopic (exact) mass is 962 g/mol. The van der Waals surface area contributed by atoms with Crippen LogP contribution in [0.25, 0.3) is 62.7 Å². The summed E-state index contributed by atoms with van der Waals surface area (Å²) < 4.78 is 59.5. The average Bonchev–Trinajstić information content (AvgIpc) is 3.55. The number of nitrogens with zero attached hydrogens (tertiary/aromatic N) is 18. The van der Waals surface area contributed by atoms with Gasteiger partial charge in [0.05, 0.1) is 49.8 Å². The third-order valence-electron chi connectivity index (χ3n) is 11.2. The van der Waals surface area contributed by atoms with Crippen molar-refractivity contribution in [3.8, 4) is 0 Å². The quantitative estimate of drug-likeness (QED) is 0.0575. The number of azide groups is 6. The van der Waals surface area contributed by atoms with E-state index in [0.29, 0.717) is 0 Å². The van der Waals surface area contributed by atoms with Gasteiger partial charge in [-0.1, -0.05) is 44.5 Å². The summed E-state index contributed by atoms with van der Waals surface area (Å²) in [7, 11) is 0. The lowest BCUT2D eigenvalue weighted by Gasteiger charge is -2.48. The topological polar surface area (TPSA) is 490 Å². The van der Waals surface area contributed by atoms with Gasteiger partial charge in [0, 0.05) is 57.2 Å². The van der Waals surface area contributed by atoms with Gasteiger partial charge in [-0.3, -0.25) is 24.0 Å². The Bertz CT molecular complexity index is 2170. The van der Waals surface area contributed by atoms with Gasteiger partial charge in [0.1, 0.15) is 36.6 Å². The number of rotatable bonds is 20. The zero-order valence-electron chi connectivity index (χ0n) is 36.9. The van der Waals surface area contributed by atoms with Gasteiger partial charge in [0.15, 0.2) is 37.2 Å². The maximum Gasteiger partial charge on any atom is 0.306 e. The predicted molar refractivity (Wildman–Crippen MR) is 218 cm³/mol. The highest BCUT2D eigenvalue weighted by molar-refractivity contribution is 5.68. The Labute approximate surface area is 382 Å². The number of carbonyl (C=O) groups excluding carboxylic acids is 4. The fraction of sp³-hybridized carbons (Fsp3) is 0.853. The fourth-order valence-electron chi connectivity index (χ4n) is 8.28. The molecule has 0 radical (unpaired) electrons. The first-order valence-electron chi connectivity index (χ1n) is 20.4. The molecule has 34 nitrogen and oxygen atoms in total. The van der Waals surface area contributed by atoms with Gasteiger partial charge < -0.3 is 52.5 Å². The lowest BCUT2D eigenvalue weighted by Crippen LogP contribution is -2.62. The number of carboxylic acid groups (broad SMARTS) is 1. The van der Waals surface area contributed by atoms with E-state index in [1.54, 1.807) is 13.8 Å². The van der Waals surface area contributed by atoms with Crippen molar-refractivity contribution in [2.24, 2.45) is 42.5 Å². The Hall–Kier alpha value is -7.03. The molecule has 368 valence electrons. The molecule has 4 rings (SSSR count). The largest absolute Gasteiger partial charge is 0.481 e. The van der Waals surface area contributed by atoms with Crippen molar-refractivity contribution >= 4 is 29.8 Å². The minimum atomic E-state index is -1.99. The van der Waals surface area contributed by atoms with E-state index < -0.39 is 159 Å². The number of hydrogen-bond donors (Lipinski definition) is 1. The highest BCUT2D eigenvalue weighted by atomic mass is 16.8. The molecule has 0 amide bonds. The molecule has 0 aromatic rings. The molecule has 0 aromatic heterocycles. The summed E-state index contributed by atoms with van der Waals surface area (Å²) in [5.41, 5.74) is 56.8. The Morgan fingerprint density at radius 3 is 1.49 bits per heavy atom. The Balaban J connectivity index is 1.90. The van der Waals surface area contributed by atoms with Crippen LogP contribution >= 0.6 is 0 Å². The van der Waals surface area contributed by atoms with Crippen molar-refractivity contribution in [3.63, 3.8) is 0 Å². The minimum absolute atomic E-state index is 0.208. The van der Waals surface area contributed by atoms with Gasteiger partial charge in [0.25, 0.3) is 0 Å². The molecule has 0 aromatic carbocycles. The van der Waals surface area contributed by atoms with E-state index in [1.165, 1.54) is 0 Å². The number of aliphatic carboxylic acids is 1. The van der Waals surface area contributed by atoms with E-state index in [1.807, 2.05) is 0 Å². The zero-order chi connectivity index (χ0) is 50.2. The molecular formula is C34H46N18O16. The third-order valence-corrected chi connectivity index (χ3v) is 11.2. The van der Waals surface area contributed by atoms with Crippen molar-refractivity contribution in [3.05, 3.63) is 62.7 Å². The molecule has 4 fully saturated rings. The predicted octanol–water partition coefficient (Wildman–Crippen LogP) is 4.53. The normalized spacial score (nSPS) is 36.1. The Morgan fingerprint density at radius 1 is 0.500 bits per heavy atom. The Morgan fingerprint density at radius 2 is 0.941 bits per heavy atom. The highest BCUT2D eigenvalue weighted by Gasteiger charge is 2.58. The molecule has 68 heavy (non-hydrogen) atoms. The number of esters is 4. The van der Waals surface area contributed by atoms with Gasteiger partial charge >= 0.3 is 29.8 Å². The smallest absolute Gasteiger partial charge is 0.306 e. The number of carboxylic acids is 1. The molecule has 34 heteroatoms. The van der Waals surface area contributed by atoms with Crippen molar-refractivity contribution in [2.75, 3.05) is 13.1 Å². The van der Waals surface area contributed by atoms with Crippen molar-refractivity contribution in [2.45, 2.75) is 158 Å². The van der Waals surface area contributed by atoms with E-state index in [2.05, 4.69) is 60.2 Å². The van der Waals surface area contributed by atoms with Crippen LogP contribution in [0.5, 0.6) is 0 Å². The van der Waals surface area contributed by atoms with E-state index in [4.69, 9.17) is 58.4 Å². The average molecular weight is 963 g/mol. The zero-order valence-corrected chi connectivity index (χ0v) is 36.9. The molecule has 3 aliphatic heterocycles. The summed E-state index contributed by atoms with van der Waals surface area (Å²) in [5, 5.41) is 32.2. The van der Waals surface area contributed by atoms with E-state index in [9.17, 15) is 51.2 Å². The second-order valence-corrected chi connectivity index (χ2v) is 15.5. The van der Waals surface area contributed by atoms with Gasteiger partial charge in [-0.15, -0.1) is 0 Å². The van der Waals surface area contributed by atoms with Crippen molar-refractivity contribution in [1.29, 1.82) is 0 Å². The molecule has 8 unspecified atom stereocenters. The van der Waals surface area contributed by atoms with Crippen LogP contribution in [0.4, 0.5) is 0 Å². The maximum atomic E-state index is 12.9. The summed E-state index contributed by atoms with van der Waals surface area (Å²) in [6.45, 7) is 6.56. The lowest BCUT2D eigenvalue weighted by molar-refractivity contribution is -0.298. The molecule has 0 bridgehead atoms. The van der Waals surface area contributed by atoms with Crippen LogP contribution in [0.15, 0.2) is 30.7 Å².